The number of carbonyl (C=O) groups excluding carboxylic acids is 1. The minimum Gasteiger partial charge on any atom is -0.336 e. The lowest BCUT2D eigenvalue weighted by molar-refractivity contribution is 0.134. The van der Waals surface area contributed by atoms with Crippen LogP contribution in [0.5, 0.6) is 0 Å². The number of hydrogen-bond acceptors (Lipinski definition) is 2. The number of benzene rings is 1. The van der Waals surface area contributed by atoms with Gasteiger partial charge in [0.2, 0.25) is 0 Å². The molecule has 2 amide bonds. The van der Waals surface area contributed by atoms with Crippen LogP contribution >= 0.6 is 11.6 Å². The standard InChI is InChI=1S/C17H26ClN3O/c1-13-8-10-21(11-9-13)16(12-19-17(22)20(2)3)14-4-6-15(18)7-5-14/h4-7,13,16H,8-12H2,1-3H3,(H,19,22). The smallest absolute Gasteiger partial charge is 0.316 e. The van der Waals surface area contributed by atoms with E-state index < -0.39 is 0 Å². The van der Waals surface area contributed by atoms with Gasteiger partial charge in [-0.15, -0.1) is 0 Å². The summed E-state index contributed by atoms with van der Waals surface area (Å²) in [5.41, 5.74) is 1.21. The van der Waals surface area contributed by atoms with E-state index in [9.17, 15) is 4.79 Å². The Morgan fingerprint density at radius 3 is 2.45 bits per heavy atom. The molecule has 0 spiro atoms. The lowest BCUT2D eigenvalue weighted by Gasteiger charge is -2.37. The monoisotopic (exact) mass is 323 g/mol. The van der Waals surface area contributed by atoms with Crippen LogP contribution in [0.15, 0.2) is 24.3 Å². The summed E-state index contributed by atoms with van der Waals surface area (Å²) in [7, 11) is 3.52. The van der Waals surface area contributed by atoms with Crippen molar-refractivity contribution in [3.05, 3.63) is 34.9 Å². The number of nitrogens with one attached hydrogen (secondary N) is 1. The van der Waals surface area contributed by atoms with Gasteiger partial charge in [-0.25, -0.2) is 4.79 Å². The molecule has 4 nitrogen and oxygen atoms in total. The fourth-order valence-electron chi connectivity index (χ4n) is 2.83. The Morgan fingerprint density at radius 1 is 1.32 bits per heavy atom. The molecule has 1 aliphatic rings. The Morgan fingerprint density at radius 2 is 1.91 bits per heavy atom. The number of nitrogens with zero attached hydrogens (tertiary/aromatic N) is 2. The topological polar surface area (TPSA) is 35.6 Å². The number of rotatable bonds is 4. The Hall–Kier alpha value is -1.26. The SMILES string of the molecule is CC1CCN(C(CNC(=O)N(C)C)c2ccc(Cl)cc2)CC1. The number of carbonyl (C=O) groups is 1. The van der Waals surface area contributed by atoms with E-state index in [1.807, 2.05) is 12.1 Å². The van der Waals surface area contributed by atoms with Gasteiger partial charge in [-0.1, -0.05) is 30.7 Å². The molecule has 22 heavy (non-hydrogen) atoms. The van der Waals surface area contributed by atoms with Gasteiger partial charge in [0.1, 0.15) is 0 Å². The second kappa shape index (κ2) is 7.84. The molecule has 0 aromatic heterocycles. The molecule has 1 atom stereocenters. The third-order valence-corrected chi connectivity index (χ3v) is 4.62. The highest BCUT2D eigenvalue weighted by atomic mass is 35.5. The summed E-state index contributed by atoms with van der Waals surface area (Å²) in [5.74, 6) is 0.790. The minimum atomic E-state index is -0.0515. The van der Waals surface area contributed by atoms with Gasteiger partial charge >= 0.3 is 6.03 Å². The highest BCUT2D eigenvalue weighted by Crippen LogP contribution is 2.27. The number of hydrogen-bond donors (Lipinski definition) is 1. The van der Waals surface area contributed by atoms with Crippen molar-refractivity contribution in [3.63, 3.8) is 0 Å². The first-order valence-corrected chi connectivity index (χ1v) is 8.30. The van der Waals surface area contributed by atoms with Crippen molar-refractivity contribution < 1.29 is 4.79 Å². The van der Waals surface area contributed by atoms with Crippen LogP contribution in [-0.4, -0.2) is 49.6 Å². The predicted molar refractivity (Wildman–Crippen MR) is 91.2 cm³/mol. The van der Waals surface area contributed by atoms with Crippen molar-refractivity contribution in [1.29, 1.82) is 0 Å². The van der Waals surface area contributed by atoms with Crippen LogP contribution in [-0.2, 0) is 0 Å². The molecule has 1 saturated heterocycles. The number of halogens is 1. The van der Waals surface area contributed by atoms with Crippen molar-refractivity contribution in [1.82, 2.24) is 15.1 Å². The molecule has 1 aromatic rings. The second-order valence-corrected chi connectivity index (χ2v) is 6.80. The van der Waals surface area contributed by atoms with Crippen molar-refractivity contribution in [3.8, 4) is 0 Å². The maximum Gasteiger partial charge on any atom is 0.316 e. The molecule has 1 unspecified atom stereocenters. The quantitative estimate of drug-likeness (QED) is 0.922. The maximum atomic E-state index is 11.8. The number of piperidine rings is 1. The van der Waals surface area contributed by atoms with Crippen LogP contribution in [0.3, 0.4) is 0 Å². The Kier molecular flexibility index (Phi) is 6.09. The van der Waals surface area contributed by atoms with E-state index in [-0.39, 0.29) is 12.1 Å². The molecule has 0 aliphatic carbocycles. The number of urea groups is 1. The van der Waals surface area contributed by atoms with Crippen LogP contribution in [0.25, 0.3) is 0 Å². The number of amides is 2. The molecule has 1 N–H and O–H groups in total. The van der Waals surface area contributed by atoms with Crippen LogP contribution in [0.2, 0.25) is 5.02 Å². The Bertz CT molecular complexity index is 481. The Balaban J connectivity index is 2.09. The average molecular weight is 324 g/mol. The van der Waals surface area contributed by atoms with Gasteiger partial charge in [0.25, 0.3) is 0 Å². The summed E-state index contributed by atoms with van der Waals surface area (Å²) in [4.78, 5) is 15.9. The first-order chi connectivity index (χ1) is 10.5. The van der Waals surface area contributed by atoms with Crippen molar-refractivity contribution in [2.24, 2.45) is 5.92 Å². The first-order valence-electron chi connectivity index (χ1n) is 7.92. The summed E-state index contributed by atoms with van der Waals surface area (Å²) in [6, 6.07) is 8.12. The van der Waals surface area contributed by atoms with Crippen molar-refractivity contribution >= 4 is 17.6 Å². The zero-order valence-electron chi connectivity index (χ0n) is 13.7. The predicted octanol–water partition coefficient (Wildman–Crippen LogP) is 3.38. The summed E-state index contributed by atoms with van der Waals surface area (Å²) in [6.07, 6.45) is 2.43. The van der Waals surface area contributed by atoms with E-state index in [0.717, 1.165) is 24.0 Å². The van der Waals surface area contributed by atoms with Gasteiger partial charge in [0, 0.05) is 25.7 Å². The highest BCUT2D eigenvalue weighted by molar-refractivity contribution is 6.30. The van der Waals surface area contributed by atoms with Gasteiger partial charge < -0.3 is 10.2 Å². The van der Waals surface area contributed by atoms with Gasteiger partial charge in [-0.2, -0.15) is 0 Å². The summed E-state index contributed by atoms with van der Waals surface area (Å²) >= 11 is 6.00. The molecule has 1 aromatic carbocycles. The van der Waals surface area contributed by atoms with Gasteiger partial charge in [-0.05, 0) is 49.5 Å². The van der Waals surface area contributed by atoms with Crippen LogP contribution in [0, 0.1) is 5.92 Å². The van der Waals surface area contributed by atoms with Crippen LogP contribution < -0.4 is 5.32 Å². The van der Waals surface area contributed by atoms with E-state index in [4.69, 9.17) is 11.6 Å². The molecule has 0 bridgehead atoms. The lowest BCUT2D eigenvalue weighted by Crippen LogP contribution is -2.44. The fourth-order valence-corrected chi connectivity index (χ4v) is 2.95. The largest absolute Gasteiger partial charge is 0.336 e. The second-order valence-electron chi connectivity index (χ2n) is 6.37. The molecular weight excluding hydrogens is 298 g/mol. The van der Waals surface area contributed by atoms with E-state index >= 15 is 0 Å². The molecule has 2 rings (SSSR count). The third kappa shape index (κ3) is 4.62. The summed E-state index contributed by atoms with van der Waals surface area (Å²) < 4.78 is 0. The molecule has 5 heteroatoms. The van der Waals surface area contributed by atoms with Gasteiger partial charge in [0.15, 0.2) is 0 Å². The molecule has 0 saturated carbocycles. The zero-order valence-corrected chi connectivity index (χ0v) is 14.4. The van der Waals surface area contributed by atoms with Gasteiger partial charge in [-0.3, -0.25) is 4.90 Å². The molecule has 0 radical (unpaired) electrons. The maximum absolute atomic E-state index is 11.8. The normalized spacial score (nSPS) is 18.0. The summed E-state index contributed by atoms with van der Waals surface area (Å²) in [6.45, 7) is 5.08. The van der Waals surface area contributed by atoms with Gasteiger partial charge in [0.05, 0.1) is 6.04 Å². The van der Waals surface area contributed by atoms with Crippen molar-refractivity contribution in [2.45, 2.75) is 25.8 Å². The van der Waals surface area contributed by atoms with Crippen LogP contribution in [0.4, 0.5) is 4.79 Å². The van der Waals surface area contributed by atoms with E-state index in [1.54, 1.807) is 19.0 Å². The molecule has 1 fully saturated rings. The highest BCUT2D eigenvalue weighted by Gasteiger charge is 2.25. The van der Waals surface area contributed by atoms with E-state index in [0.29, 0.717) is 6.54 Å². The van der Waals surface area contributed by atoms with Crippen LogP contribution in [0.1, 0.15) is 31.4 Å². The Labute approximate surface area is 138 Å². The average Bonchev–Trinajstić information content (AvgIpc) is 2.50. The molecule has 122 valence electrons. The molecular formula is C17H26ClN3O. The summed E-state index contributed by atoms with van der Waals surface area (Å²) in [5, 5.41) is 3.76. The molecule has 1 aliphatic heterocycles. The zero-order chi connectivity index (χ0) is 16.1. The fraction of sp³-hybridized carbons (Fsp3) is 0.588. The van der Waals surface area contributed by atoms with E-state index in [2.05, 4.69) is 29.3 Å². The lowest BCUT2D eigenvalue weighted by atomic mass is 9.95. The van der Waals surface area contributed by atoms with E-state index in [1.165, 1.54) is 18.4 Å². The molecule has 1 heterocycles. The van der Waals surface area contributed by atoms with Crippen molar-refractivity contribution in [2.75, 3.05) is 33.7 Å². The third-order valence-electron chi connectivity index (χ3n) is 4.37. The number of likely N-dealkylation sites (tertiary alicyclic amines) is 1. The first kappa shape index (κ1) is 17.1. The minimum absolute atomic E-state index is 0.0515.